The van der Waals surface area contributed by atoms with Gasteiger partial charge >= 0.3 is 22.7 Å². The van der Waals surface area contributed by atoms with E-state index in [0.717, 1.165) is 20.1 Å². The molecule has 1 rings (SSSR count). The number of carbonyl (C=O) groups is 2. The highest BCUT2D eigenvalue weighted by Crippen LogP contribution is 2.23. The molecule has 248 valence electrons. The fourth-order valence-electron chi connectivity index (χ4n) is 1.79. The quantitative estimate of drug-likeness (QED) is 0.139. The second kappa shape index (κ2) is 22.6. The predicted molar refractivity (Wildman–Crippen MR) is 161 cm³/mol. The summed E-state index contributed by atoms with van der Waals surface area (Å²) in [4.78, 5) is 17.5. The van der Waals surface area contributed by atoms with Crippen LogP contribution in [0.5, 0.6) is 0 Å². The number of halogens is 5. The average Bonchev–Trinajstić information content (AvgIpc) is 3.39. The third-order valence-electron chi connectivity index (χ3n) is 3.99. The van der Waals surface area contributed by atoms with Gasteiger partial charge in [0.25, 0.3) is 0 Å². The van der Waals surface area contributed by atoms with Crippen LogP contribution in [0.25, 0.3) is 0 Å². The molecule has 0 bridgehead atoms. The number of nitrogens with zero attached hydrogens (tertiary/aromatic N) is 1. The van der Waals surface area contributed by atoms with Gasteiger partial charge in [0.2, 0.25) is 0 Å². The second-order valence-corrected chi connectivity index (χ2v) is 14.8. The molecule has 1 fully saturated rings. The van der Waals surface area contributed by atoms with E-state index in [1.54, 1.807) is 33.9 Å². The van der Waals surface area contributed by atoms with Crippen LogP contribution in [0, 0.1) is 0 Å². The van der Waals surface area contributed by atoms with E-state index < -0.39 is 55.5 Å². The fourth-order valence-corrected chi connectivity index (χ4v) is 3.24. The highest BCUT2D eigenvalue weighted by Gasteiger charge is 2.47. The topological polar surface area (TPSA) is 120 Å². The van der Waals surface area contributed by atoms with Crippen molar-refractivity contribution >= 4 is 56.1 Å². The Morgan fingerprint density at radius 1 is 0.951 bits per heavy atom. The Labute approximate surface area is 256 Å². The summed E-state index contributed by atoms with van der Waals surface area (Å²) in [6, 6.07) is -1.55. The molecule has 0 aromatic carbocycles. The lowest BCUT2D eigenvalue weighted by molar-refractivity contribution is -0.174. The zero-order valence-electron chi connectivity index (χ0n) is 24.9. The molecule has 1 aliphatic rings. The van der Waals surface area contributed by atoms with Crippen molar-refractivity contribution in [2.24, 2.45) is 4.40 Å². The number of alkyl halides is 5. The smallest absolute Gasteiger partial charge is 0.395 e. The summed E-state index contributed by atoms with van der Waals surface area (Å²) in [5.41, 5.74) is 0. The van der Waals surface area contributed by atoms with E-state index in [1.807, 2.05) is 36.7 Å². The minimum atomic E-state index is -3.70. The van der Waals surface area contributed by atoms with Crippen LogP contribution in [0.1, 0.15) is 89.5 Å². The molecule has 1 heterocycles. The summed E-state index contributed by atoms with van der Waals surface area (Å²) < 4.78 is 91.3. The van der Waals surface area contributed by atoms with E-state index in [1.165, 1.54) is 26.7 Å². The van der Waals surface area contributed by atoms with Crippen LogP contribution in [0.15, 0.2) is 4.40 Å². The molecule has 3 atom stereocenters. The second-order valence-electron chi connectivity index (χ2n) is 9.83. The van der Waals surface area contributed by atoms with Gasteiger partial charge in [-0.25, -0.2) is 22.7 Å². The first-order valence-corrected chi connectivity index (χ1v) is 15.5. The average molecular weight is 710 g/mol. The van der Waals surface area contributed by atoms with Crippen LogP contribution in [-0.2, 0) is 45.8 Å². The van der Waals surface area contributed by atoms with Gasteiger partial charge in [-0.15, -0.1) is 0 Å². The molecule has 0 aliphatic carbocycles. The van der Waals surface area contributed by atoms with Gasteiger partial charge in [0.15, 0.2) is 0 Å². The summed E-state index contributed by atoms with van der Waals surface area (Å²) in [6.07, 6.45) is 4.13. The van der Waals surface area contributed by atoms with Gasteiger partial charge in [0, 0.05) is 35.4 Å². The largest absolute Gasteiger partial charge is 0.462 e. The molecule has 0 radical (unpaired) electrons. The zero-order valence-corrected chi connectivity index (χ0v) is 28.1. The van der Waals surface area contributed by atoms with Crippen LogP contribution in [0.3, 0.4) is 0 Å². The molecule has 9 nitrogen and oxygen atoms in total. The van der Waals surface area contributed by atoms with Gasteiger partial charge < -0.3 is 14.2 Å². The molecule has 16 heteroatoms. The Hall–Kier alpha value is -0.970. The third kappa shape index (κ3) is 24.2. The van der Waals surface area contributed by atoms with Crippen molar-refractivity contribution in [2.75, 3.05) is 26.4 Å². The molecule has 0 aromatic rings. The normalized spacial score (nSPS) is 15.8. The molecule has 1 saturated heterocycles. The Kier molecular flexibility index (Phi) is 25.8. The highest BCUT2D eigenvalue weighted by molar-refractivity contribution is 9.10. The zero-order chi connectivity index (χ0) is 32.4. The van der Waals surface area contributed by atoms with Crippen LogP contribution < -0.4 is 4.72 Å². The highest BCUT2D eigenvalue weighted by atomic mass is 79.9. The molecule has 0 saturated carbocycles. The lowest BCUT2D eigenvalue weighted by Gasteiger charge is -2.26. The molecule has 0 aromatic heterocycles. The van der Waals surface area contributed by atoms with E-state index in [4.69, 9.17) is 4.74 Å². The number of hydrogen-bond acceptors (Lipinski definition) is 7. The lowest BCUT2D eigenvalue weighted by atomic mass is 10.2. The van der Waals surface area contributed by atoms with Crippen molar-refractivity contribution in [3.05, 3.63) is 0 Å². The van der Waals surface area contributed by atoms with Crippen LogP contribution in [-0.4, -0.2) is 79.3 Å². The number of nitrogens with one attached hydrogen (secondary N) is 1. The van der Waals surface area contributed by atoms with Crippen molar-refractivity contribution < 1.29 is 49.8 Å². The van der Waals surface area contributed by atoms with Crippen LogP contribution in [0.4, 0.5) is 17.6 Å². The fraction of sp³-hybridized carbons (Fsp3) is 0.880. The number of rotatable bonds is 8. The predicted octanol–water partition coefficient (Wildman–Crippen LogP) is 6.13. The molecular formula is C25H49BrF4N2O7S2. The molecule has 1 aliphatic heterocycles. The maximum atomic E-state index is 13.5. The van der Waals surface area contributed by atoms with E-state index in [-0.39, 0.29) is 25.4 Å². The van der Waals surface area contributed by atoms with E-state index in [2.05, 4.69) is 18.6 Å². The van der Waals surface area contributed by atoms with E-state index in [9.17, 15) is 35.6 Å². The molecule has 1 unspecified atom stereocenters. The first-order chi connectivity index (χ1) is 18.0. The van der Waals surface area contributed by atoms with E-state index in [0.29, 0.717) is 0 Å². The third-order valence-corrected chi connectivity index (χ3v) is 7.44. The standard InChI is InChI=1S/C10H19F2NO3S.C6H13NOS.C4H5BrF2O2.C4H8O.CH4/c1-6-16-8(14)10(11,12)7(2)13-17(15)9(3,4)5;1-5-7-9(8)6(2,3)4;1-2-9-3(8)4(5,6)7;1-2-4-5-3-1;/h7,13H,6H2,1-5H3;5H,1-4H3;2H2,1H3;1-4H2;1H4/t7?,17-;9-;;;/m11.../s1. The molecule has 0 amide bonds. The molecule has 41 heavy (non-hydrogen) atoms. The van der Waals surface area contributed by atoms with Gasteiger partial charge in [0.1, 0.15) is 11.0 Å². The van der Waals surface area contributed by atoms with Crippen LogP contribution >= 0.6 is 15.9 Å². The first-order valence-electron chi connectivity index (χ1n) is 12.4. The van der Waals surface area contributed by atoms with Crippen molar-refractivity contribution in [2.45, 2.75) is 116 Å². The Morgan fingerprint density at radius 3 is 1.59 bits per heavy atom. The van der Waals surface area contributed by atoms with Gasteiger partial charge in [-0.1, -0.05) is 7.43 Å². The minimum absolute atomic E-state index is 0. The maximum absolute atomic E-state index is 13.5. The van der Waals surface area contributed by atoms with Gasteiger partial charge in [-0.05, 0) is 82.1 Å². The summed E-state index contributed by atoms with van der Waals surface area (Å²) in [6.45, 7) is 18.2. The lowest BCUT2D eigenvalue weighted by Crippen LogP contribution is -2.51. The van der Waals surface area contributed by atoms with E-state index >= 15 is 0 Å². The molecular weight excluding hydrogens is 660 g/mol. The molecule has 0 spiro atoms. The SMILES string of the molecule is C.C1CCOC1.CC=N[S@](=O)C(C)(C)C.CCOC(=O)C(F)(F)Br.CCOC(=O)C(F)(F)C(C)N[S@](=O)C(C)(C)C. The van der Waals surface area contributed by atoms with Gasteiger partial charge in [-0.2, -0.15) is 22.0 Å². The molecule has 1 N–H and O–H groups in total. The van der Waals surface area contributed by atoms with Crippen molar-refractivity contribution in [3.8, 4) is 0 Å². The summed E-state index contributed by atoms with van der Waals surface area (Å²) >= 11 is 1.84. The first kappa shape index (κ1) is 47.0. The number of hydrogen-bond donors (Lipinski definition) is 1. The minimum Gasteiger partial charge on any atom is -0.462 e. The number of esters is 2. The Balaban J connectivity index is -0.000000242. The summed E-state index contributed by atoms with van der Waals surface area (Å²) in [5, 5.41) is 0. The maximum Gasteiger partial charge on any atom is 0.395 e. The number of ether oxygens (including phenoxy) is 3. The van der Waals surface area contributed by atoms with Crippen LogP contribution in [0.2, 0.25) is 0 Å². The summed E-state index contributed by atoms with van der Waals surface area (Å²) in [7, 11) is -2.74. The summed E-state index contributed by atoms with van der Waals surface area (Å²) in [5.74, 6) is -6.85. The van der Waals surface area contributed by atoms with Gasteiger partial charge in [-0.3, -0.25) is 0 Å². The monoisotopic (exact) mass is 708 g/mol. The van der Waals surface area contributed by atoms with Crippen molar-refractivity contribution in [3.63, 3.8) is 0 Å². The Bertz CT molecular complexity index is 806. The van der Waals surface area contributed by atoms with Crippen molar-refractivity contribution in [1.82, 2.24) is 4.72 Å². The number of carbonyl (C=O) groups excluding carboxylic acids is 2. The Morgan fingerprint density at radius 2 is 1.37 bits per heavy atom. The van der Waals surface area contributed by atoms with Crippen molar-refractivity contribution in [1.29, 1.82) is 0 Å². The van der Waals surface area contributed by atoms with Gasteiger partial charge in [0.05, 0.1) is 39.7 Å².